The third-order valence-corrected chi connectivity index (χ3v) is 2.92. The van der Waals surface area contributed by atoms with Gasteiger partial charge in [-0.3, -0.25) is 4.79 Å². The zero-order chi connectivity index (χ0) is 11.3. The molecule has 88 valence electrons. The third-order valence-electron chi connectivity index (χ3n) is 2.92. The lowest BCUT2D eigenvalue weighted by molar-refractivity contribution is -0.128. The Morgan fingerprint density at radius 2 is 2.07 bits per heavy atom. The first kappa shape index (κ1) is 12.5. The van der Waals surface area contributed by atoms with Gasteiger partial charge in [0.2, 0.25) is 5.91 Å². The maximum Gasteiger partial charge on any atom is 0.219 e. The average Bonchev–Trinajstić information content (AvgIpc) is 2.43. The number of amides is 1. The van der Waals surface area contributed by atoms with Gasteiger partial charge in [-0.15, -0.1) is 0 Å². The van der Waals surface area contributed by atoms with Gasteiger partial charge < -0.3 is 14.9 Å². The van der Waals surface area contributed by atoms with E-state index in [0.717, 1.165) is 39.1 Å². The molecule has 0 radical (unpaired) electrons. The Morgan fingerprint density at radius 1 is 1.33 bits per heavy atom. The van der Waals surface area contributed by atoms with Crippen molar-refractivity contribution in [1.82, 2.24) is 9.80 Å². The second-order valence-corrected chi connectivity index (χ2v) is 4.45. The van der Waals surface area contributed by atoms with Crippen molar-refractivity contribution in [3.8, 4) is 0 Å². The van der Waals surface area contributed by atoms with Crippen molar-refractivity contribution < 1.29 is 9.90 Å². The summed E-state index contributed by atoms with van der Waals surface area (Å²) < 4.78 is 0. The van der Waals surface area contributed by atoms with Crippen LogP contribution in [0.2, 0.25) is 0 Å². The highest BCUT2D eigenvalue weighted by atomic mass is 16.3. The molecule has 1 N–H and O–H groups in total. The summed E-state index contributed by atoms with van der Waals surface area (Å²) in [5.74, 6) is 0.501. The Morgan fingerprint density at radius 3 is 2.67 bits per heavy atom. The van der Waals surface area contributed by atoms with Crippen molar-refractivity contribution in [3.05, 3.63) is 0 Å². The van der Waals surface area contributed by atoms with Gasteiger partial charge in [-0.05, 0) is 18.9 Å². The molecule has 1 aliphatic heterocycles. The number of carbonyl (C=O) groups is 1. The molecule has 1 saturated heterocycles. The van der Waals surface area contributed by atoms with Gasteiger partial charge in [0, 0.05) is 39.7 Å². The summed E-state index contributed by atoms with van der Waals surface area (Å²) in [6.45, 7) is 8.53. The Labute approximate surface area is 91.9 Å². The van der Waals surface area contributed by atoms with Crippen LogP contribution in [0.25, 0.3) is 0 Å². The minimum Gasteiger partial charge on any atom is -0.396 e. The van der Waals surface area contributed by atoms with E-state index in [1.165, 1.54) is 0 Å². The second kappa shape index (κ2) is 6.08. The van der Waals surface area contributed by atoms with E-state index in [0.29, 0.717) is 5.92 Å². The molecule has 4 heteroatoms. The first-order valence-corrected chi connectivity index (χ1v) is 5.72. The van der Waals surface area contributed by atoms with Gasteiger partial charge in [-0.2, -0.15) is 0 Å². The fourth-order valence-electron chi connectivity index (χ4n) is 1.97. The molecule has 0 aromatic carbocycles. The molecule has 1 fully saturated rings. The van der Waals surface area contributed by atoms with E-state index in [-0.39, 0.29) is 12.5 Å². The fraction of sp³-hybridized carbons (Fsp3) is 0.909. The van der Waals surface area contributed by atoms with E-state index >= 15 is 0 Å². The number of hydrogen-bond donors (Lipinski definition) is 1. The van der Waals surface area contributed by atoms with Crippen LogP contribution in [-0.2, 0) is 4.79 Å². The summed E-state index contributed by atoms with van der Waals surface area (Å²) in [6, 6.07) is 0. The predicted octanol–water partition coefficient (Wildman–Crippen LogP) is 0.169. The highest BCUT2D eigenvalue weighted by molar-refractivity contribution is 5.73. The number of carbonyl (C=O) groups excluding carboxylic acids is 1. The first-order valence-electron chi connectivity index (χ1n) is 5.72. The van der Waals surface area contributed by atoms with Gasteiger partial charge in [0.25, 0.3) is 0 Å². The maximum absolute atomic E-state index is 11.2. The lowest BCUT2D eigenvalue weighted by Gasteiger charge is -2.23. The Balaban J connectivity index is 2.35. The summed E-state index contributed by atoms with van der Waals surface area (Å²) in [5.41, 5.74) is 0. The van der Waals surface area contributed by atoms with Crippen molar-refractivity contribution in [1.29, 1.82) is 0 Å². The molecule has 1 heterocycles. The van der Waals surface area contributed by atoms with Gasteiger partial charge in [0.15, 0.2) is 0 Å². The van der Waals surface area contributed by atoms with Crippen molar-refractivity contribution in [3.63, 3.8) is 0 Å². The van der Waals surface area contributed by atoms with Gasteiger partial charge >= 0.3 is 0 Å². The average molecular weight is 214 g/mol. The minimum atomic E-state index is 0.173. The molecule has 1 unspecified atom stereocenters. The van der Waals surface area contributed by atoms with Gasteiger partial charge in [0.1, 0.15) is 0 Å². The molecular weight excluding hydrogens is 192 g/mol. The smallest absolute Gasteiger partial charge is 0.219 e. The van der Waals surface area contributed by atoms with E-state index in [1.54, 1.807) is 6.92 Å². The van der Waals surface area contributed by atoms with Crippen LogP contribution in [0, 0.1) is 5.92 Å². The van der Waals surface area contributed by atoms with Crippen LogP contribution in [0.1, 0.15) is 20.3 Å². The predicted molar refractivity (Wildman–Crippen MR) is 59.6 cm³/mol. The van der Waals surface area contributed by atoms with Crippen molar-refractivity contribution in [2.24, 2.45) is 5.92 Å². The molecule has 0 aromatic rings. The van der Waals surface area contributed by atoms with Crippen molar-refractivity contribution in [2.75, 3.05) is 39.3 Å². The standard InChI is InChI=1S/C11H22N2O2/c1-10(9-14)8-12-4-3-5-13(7-6-12)11(2)15/h10,14H,3-9H2,1-2H3. The molecule has 1 amide bonds. The molecule has 1 atom stereocenters. The highest BCUT2D eigenvalue weighted by Gasteiger charge is 2.17. The number of aliphatic hydroxyl groups is 1. The van der Waals surface area contributed by atoms with Crippen molar-refractivity contribution >= 4 is 5.91 Å². The van der Waals surface area contributed by atoms with Crippen LogP contribution in [0.4, 0.5) is 0 Å². The Hall–Kier alpha value is -0.610. The van der Waals surface area contributed by atoms with Crippen LogP contribution in [0.3, 0.4) is 0 Å². The van der Waals surface area contributed by atoms with Crippen LogP contribution >= 0.6 is 0 Å². The fourth-order valence-corrected chi connectivity index (χ4v) is 1.97. The van der Waals surface area contributed by atoms with E-state index in [2.05, 4.69) is 4.90 Å². The van der Waals surface area contributed by atoms with Gasteiger partial charge in [0.05, 0.1) is 0 Å². The van der Waals surface area contributed by atoms with Crippen LogP contribution in [-0.4, -0.2) is 60.1 Å². The zero-order valence-corrected chi connectivity index (χ0v) is 9.78. The SMILES string of the molecule is CC(=O)N1CCCN(CC(C)CO)CC1. The first-order chi connectivity index (χ1) is 7.13. The zero-order valence-electron chi connectivity index (χ0n) is 9.78. The number of aliphatic hydroxyl groups excluding tert-OH is 1. The minimum absolute atomic E-state index is 0.173. The quantitative estimate of drug-likeness (QED) is 0.728. The molecule has 15 heavy (non-hydrogen) atoms. The summed E-state index contributed by atoms with van der Waals surface area (Å²) in [6.07, 6.45) is 1.04. The molecular formula is C11H22N2O2. The Bertz CT molecular complexity index is 209. The topological polar surface area (TPSA) is 43.8 Å². The molecule has 1 rings (SSSR count). The van der Waals surface area contributed by atoms with E-state index in [1.807, 2.05) is 11.8 Å². The molecule has 1 aliphatic rings. The summed E-state index contributed by atoms with van der Waals surface area (Å²) in [5, 5.41) is 8.98. The van der Waals surface area contributed by atoms with Crippen LogP contribution < -0.4 is 0 Å². The molecule has 4 nitrogen and oxygen atoms in total. The van der Waals surface area contributed by atoms with Gasteiger partial charge in [-0.1, -0.05) is 6.92 Å². The summed E-state index contributed by atoms with van der Waals surface area (Å²) in [7, 11) is 0. The van der Waals surface area contributed by atoms with E-state index in [9.17, 15) is 4.79 Å². The van der Waals surface area contributed by atoms with Crippen LogP contribution in [0.5, 0.6) is 0 Å². The number of nitrogens with zero attached hydrogens (tertiary/aromatic N) is 2. The molecule has 0 bridgehead atoms. The molecule has 0 aliphatic carbocycles. The second-order valence-electron chi connectivity index (χ2n) is 4.45. The number of hydrogen-bond acceptors (Lipinski definition) is 3. The normalized spacial score (nSPS) is 21.1. The Kier molecular flexibility index (Phi) is 5.05. The van der Waals surface area contributed by atoms with Crippen LogP contribution in [0.15, 0.2) is 0 Å². The lowest BCUT2D eigenvalue weighted by atomic mass is 10.2. The number of rotatable bonds is 3. The molecule has 0 aromatic heterocycles. The van der Waals surface area contributed by atoms with Crippen molar-refractivity contribution in [2.45, 2.75) is 20.3 Å². The highest BCUT2D eigenvalue weighted by Crippen LogP contribution is 2.06. The molecule has 0 saturated carbocycles. The summed E-state index contributed by atoms with van der Waals surface area (Å²) in [4.78, 5) is 15.4. The molecule has 0 spiro atoms. The lowest BCUT2D eigenvalue weighted by Crippen LogP contribution is -2.35. The third kappa shape index (κ3) is 4.18. The van der Waals surface area contributed by atoms with E-state index in [4.69, 9.17) is 5.11 Å². The monoisotopic (exact) mass is 214 g/mol. The maximum atomic E-state index is 11.2. The van der Waals surface area contributed by atoms with E-state index < -0.39 is 0 Å². The van der Waals surface area contributed by atoms with Gasteiger partial charge in [-0.25, -0.2) is 0 Å². The largest absolute Gasteiger partial charge is 0.396 e. The summed E-state index contributed by atoms with van der Waals surface area (Å²) >= 11 is 0.